The first-order valence-electron chi connectivity index (χ1n) is 4.92. The Labute approximate surface area is 118 Å². The highest BCUT2D eigenvalue weighted by atomic mass is 127. The van der Waals surface area contributed by atoms with Crippen LogP contribution in [-0.4, -0.2) is 0 Å². The summed E-state index contributed by atoms with van der Waals surface area (Å²) < 4.78 is 1.10. The first kappa shape index (κ1) is 12.2. The summed E-state index contributed by atoms with van der Waals surface area (Å²) in [5, 5.41) is 12.8. The molecular weight excluding hydrogens is 347 g/mol. The topological polar surface area (TPSA) is 35.8 Å². The molecule has 0 atom stereocenters. The molecule has 0 aliphatic rings. The monoisotopic (exact) mass is 354 g/mol. The average molecular weight is 355 g/mol. The molecule has 4 heteroatoms. The minimum atomic E-state index is 0.539. The first-order chi connectivity index (χ1) is 8.20. The van der Waals surface area contributed by atoms with E-state index < -0.39 is 0 Å². The number of benzene rings is 2. The molecule has 0 amide bonds. The van der Waals surface area contributed by atoms with Gasteiger partial charge in [0.1, 0.15) is 6.07 Å². The van der Waals surface area contributed by atoms with E-state index in [-0.39, 0.29) is 0 Å². The van der Waals surface area contributed by atoms with Gasteiger partial charge in [0, 0.05) is 8.59 Å². The minimum Gasteiger partial charge on any atom is -0.354 e. The summed E-state index contributed by atoms with van der Waals surface area (Å²) in [5.41, 5.74) is 2.28. The Hall–Kier alpha value is -1.25. The molecule has 0 unspecified atom stereocenters. The van der Waals surface area contributed by atoms with Crippen molar-refractivity contribution in [1.29, 1.82) is 5.26 Å². The zero-order valence-electron chi connectivity index (χ0n) is 8.74. The van der Waals surface area contributed by atoms with Crippen LogP contribution in [0.2, 0.25) is 5.02 Å². The van der Waals surface area contributed by atoms with Gasteiger partial charge in [-0.1, -0.05) is 23.7 Å². The summed E-state index contributed by atoms with van der Waals surface area (Å²) in [5.74, 6) is 0. The van der Waals surface area contributed by atoms with Crippen LogP contribution in [0.1, 0.15) is 5.56 Å². The lowest BCUT2D eigenvalue weighted by Gasteiger charge is -2.10. The van der Waals surface area contributed by atoms with E-state index in [1.54, 1.807) is 12.1 Å². The van der Waals surface area contributed by atoms with Crippen molar-refractivity contribution in [3.8, 4) is 6.07 Å². The van der Waals surface area contributed by atoms with Crippen LogP contribution in [0.5, 0.6) is 0 Å². The van der Waals surface area contributed by atoms with Gasteiger partial charge in [-0.05, 0) is 52.9 Å². The Kier molecular flexibility index (Phi) is 3.87. The SMILES string of the molecule is N#Cc1cc(Cl)ccc1Nc1ccccc1I. The predicted octanol–water partition coefficient (Wildman–Crippen LogP) is 4.56. The molecule has 0 aliphatic heterocycles. The fourth-order valence-electron chi connectivity index (χ4n) is 1.43. The molecule has 0 aromatic heterocycles. The molecule has 2 nitrogen and oxygen atoms in total. The molecule has 2 rings (SSSR count). The van der Waals surface area contributed by atoms with Crippen molar-refractivity contribution >= 4 is 45.6 Å². The smallest absolute Gasteiger partial charge is 0.101 e. The van der Waals surface area contributed by atoms with Crippen LogP contribution in [0.4, 0.5) is 11.4 Å². The van der Waals surface area contributed by atoms with Crippen LogP contribution in [-0.2, 0) is 0 Å². The molecule has 0 saturated heterocycles. The van der Waals surface area contributed by atoms with Gasteiger partial charge in [-0.15, -0.1) is 0 Å². The summed E-state index contributed by atoms with van der Waals surface area (Å²) >= 11 is 8.10. The Balaban J connectivity index is 2.37. The highest BCUT2D eigenvalue weighted by Crippen LogP contribution is 2.26. The number of para-hydroxylation sites is 1. The molecule has 2 aromatic carbocycles. The number of halogens is 2. The molecule has 0 heterocycles. The summed E-state index contributed by atoms with van der Waals surface area (Å²) in [7, 11) is 0. The van der Waals surface area contributed by atoms with E-state index >= 15 is 0 Å². The van der Waals surface area contributed by atoms with Crippen molar-refractivity contribution in [3.05, 3.63) is 56.6 Å². The highest BCUT2D eigenvalue weighted by molar-refractivity contribution is 14.1. The summed E-state index contributed by atoms with van der Waals surface area (Å²) in [6.07, 6.45) is 0. The van der Waals surface area contributed by atoms with E-state index in [0.29, 0.717) is 10.6 Å². The van der Waals surface area contributed by atoms with E-state index in [9.17, 15) is 0 Å². The molecule has 0 saturated carbocycles. The minimum absolute atomic E-state index is 0.539. The quantitative estimate of drug-likeness (QED) is 0.803. The van der Waals surface area contributed by atoms with E-state index in [2.05, 4.69) is 34.0 Å². The molecule has 0 radical (unpaired) electrons. The van der Waals surface area contributed by atoms with Gasteiger partial charge in [-0.2, -0.15) is 5.26 Å². The summed E-state index contributed by atoms with van der Waals surface area (Å²) in [6.45, 7) is 0. The molecular formula is C13H8ClIN2. The summed E-state index contributed by atoms with van der Waals surface area (Å²) in [6, 6.07) is 15.3. The summed E-state index contributed by atoms with van der Waals surface area (Å²) in [4.78, 5) is 0. The number of hydrogen-bond acceptors (Lipinski definition) is 2. The standard InChI is InChI=1S/C13H8ClIN2/c14-10-5-6-12(9(7-10)8-16)17-13-4-2-1-3-11(13)15/h1-7,17H. The lowest BCUT2D eigenvalue weighted by Crippen LogP contribution is -1.95. The van der Waals surface area contributed by atoms with E-state index in [1.807, 2.05) is 30.3 Å². The lowest BCUT2D eigenvalue weighted by atomic mass is 10.2. The van der Waals surface area contributed by atoms with Crippen molar-refractivity contribution < 1.29 is 0 Å². The normalized spacial score (nSPS) is 9.71. The number of nitriles is 1. The van der Waals surface area contributed by atoms with E-state index in [0.717, 1.165) is 14.9 Å². The second kappa shape index (κ2) is 5.39. The van der Waals surface area contributed by atoms with Gasteiger partial charge in [-0.3, -0.25) is 0 Å². The van der Waals surface area contributed by atoms with Crippen LogP contribution in [0.15, 0.2) is 42.5 Å². The maximum Gasteiger partial charge on any atom is 0.101 e. The van der Waals surface area contributed by atoms with Crippen LogP contribution in [0.3, 0.4) is 0 Å². The van der Waals surface area contributed by atoms with Crippen LogP contribution >= 0.6 is 34.2 Å². The van der Waals surface area contributed by atoms with Gasteiger partial charge < -0.3 is 5.32 Å². The second-order valence-electron chi connectivity index (χ2n) is 3.41. The molecule has 0 spiro atoms. The molecule has 0 bridgehead atoms. The van der Waals surface area contributed by atoms with Crippen LogP contribution in [0.25, 0.3) is 0 Å². The Morgan fingerprint density at radius 1 is 1.12 bits per heavy atom. The number of nitrogens with one attached hydrogen (secondary N) is 1. The van der Waals surface area contributed by atoms with Gasteiger partial charge in [0.05, 0.1) is 16.9 Å². The largest absolute Gasteiger partial charge is 0.354 e. The number of hydrogen-bond donors (Lipinski definition) is 1. The van der Waals surface area contributed by atoms with Gasteiger partial charge in [0.2, 0.25) is 0 Å². The zero-order valence-corrected chi connectivity index (χ0v) is 11.7. The zero-order chi connectivity index (χ0) is 12.3. The fraction of sp³-hybridized carbons (Fsp3) is 0. The highest BCUT2D eigenvalue weighted by Gasteiger charge is 2.04. The van der Waals surface area contributed by atoms with Gasteiger partial charge in [0.25, 0.3) is 0 Å². The predicted molar refractivity (Wildman–Crippen MR) is 78.6 cm³/mol. The third-order valence-corrected chi connectivity index (χ3v) is 3.42. The molecule has 0 aliphatic carbocycles. The number of nitrogens with zero attached hydrogens (tertiary/aromatic N) is 1. The third-order valence-electron chi connectivity index (χ3n) is 2.25. The average Bonchev–Trinajstić information content (AvgIpc) is 2.34. The third kappa shape index (κ3) is 2.90. The van der Waals surface area contributed by atoms with Crippen molar-refractivity contribution in [2.75, 3.05) is 5.32 Å². The van der Waals surface area contributed by atoms with Crippen molar-refractivity contribution in [3.63, 3.8) is 0 Å². The molecule has 1 N–H and O–H groups in total. The maximum atomic E-state index is 9.04. The van der Waals surface area contributed by atoms with Gasteiger partial charge in [0.15, 0.2) is 0 Å². The Bertz CT molecular complexity index is 590. The molecule has 17 heavy (non-hydrogen) atoms. The number of anilines is 2. The van der Waals surface area contributed by atoms with Crippen LogP contribution < -0.4 is 5.32 Å². The van der Waals surface area contributed by atoms with Gasteiger partial charge >= 0.3 is 0 Å². The lowest BCUT2D eigenvalue weighted by molar-refractivity contribution is 1.45. The fourth-order valence-corrected chi connectivity index (χ4v) is 2.12. The van der Waals surface area contributed by atoms with Crippen molar-refractivity contribution in [1.82, 2.24) is 0 Å². The second-order valence-corrected chi connectivity index (χ2v) is 5.01. The van der Waals surface area contributed by atoms with Crippen molar-refractivity contribution in [2.24, 2.45) is 0 Å². The Morgan fingerprint density at radius 3 is 2.59 bits per heavy atom. The first-order valence-corrected chi connectivity index (χ1v) is 6.37. The van der Waals surface area contributed by atoms with Crippen molar-refractivity contribution in [2.45, 2.75) is 0 Å². The molecule has 84 valence electrons. The van der Waals surface area contributed by atoms with Crippen LogP contribution in [0, 0.1) is 14.9 Å². The maximum absolute atomic E-state index is 9.04. The number of rotatable bonds is 2. The van der Waals surface area contributed by atoms with E-state index in [4.69, 9.17) is 16.9 Å². The molecule has 0 fully saturated rings. The van der Waals surface area contributed by atoms with E-state index in [1.165, 1.54) is 0 Å². The van der Waals surface area contributed by atoms with Gasteiger partial charge in [-0.25, -0.2) is 0 Å². The Morgan fingerprint density at radius 2 is 1.88 bits per heavy atom. The molecule has 2 aromatic rings.